The van der Waals surface area contributed by atoms with E-state index in [2.05, 4.69) is 20.5 Å². The van der Waals surface area contributed by atoms with E-state index in [-0.39, 0.29) is 11.4 Å². The van der Waals surface area contributed by atoms with Gasteiger partial charge >= 0.3 is 5.69 Å². The van der Waals surface area contributed by atoms with E-state index in [1.165, 1.54) is 50.8 Å². The summed E-state index contributed by atoms with van der Waals surface area (Å²) in [6, 6.07) is 10.2. The average molecular weight is 454 g/mol. The zero-order valence-electron chi connectivity index (χ0n) is 18.3. The van der Waals surface area contributed by atoms with E-state index < -0.39 is 17.4 Å². The lowest BCUT2D eigenvalue weighted by molar-refractivity contribution is 0.0949. The van der Waals surface area contributed by atoms with Crippen LogP contribution < -0.4 is 25.3 Å². The Bertz CT molecular complexity index is 1180. The van der Waals surface area contributed by atoms with Crippen LogP contribution in [0.5, 0.6) is 17.2 Å². The van der Waals surface area contributed by atoms with Crippen molar-refractivity contribution in [2.75, 3.05) is 20.8 Å². The highest BCUT2D eigenvalue weighted by Gasteiger charge is 2.14. The SMILES string of the molecule is CCCOc1c(OC)cc(/C=N/NC(=O)c2cc(-c3ccc(F)cc3)nc(=O)[nH]2)cc1OC. The van der Waals surface area contributed by atoms with E-state index in [9.17, 15) is 14.0 Å². The molecule has 1 amide bonds. The largest absolute Gasteiger partial charge is 0.493 e. The topological polar surface area (TPSA) is 115 Å². The summed E-state index contributed by atoms with van der Waals surface area (Å²) in [5.74, 6) is 0.312. The molecule has 0 aliphatic heterocycles. The predicted octanol–water partition coefficient (Wildman–Crippen LogP) is 3.15. The predicted molar refractivity (Wildman–Crippen MR) is 121 cm³/mol. The van der Waals surface area contributed by atoms with E-state index in [1.54, 1.807) is 12.1 Å². The quantitative estimate of drug-likeness (QED) is 0.379. The third-order valence-corrected chi connectivity index (χ3v) is 4.44. The first-order valence-corrected chi connectivity index (χ1v) is 10.0. The summed E-state index contributed by atoms with van der Waals surface area (Å²) in [5, 5.41) is 3.94. The summed E-state index contributed by atoms with van der Waals surface area (Å²) in [6.45, 7) is 2.49. The van der Waals surface area contributed by atoms with Crippen molar-refractivity contribution in [1.82, 2.24) is 15.4 Å². The molecule has 33 heavy (non-hydrogen) atoms. The lowest BCUT2D eigenvalue weighted by Crippen LogP contribution is -2.24. The van der Waals surface area contributed by atoms with Crippen molar-refractivity contribution in [2.45, 2.75) is 13.3 Å². The summed E-state index contributed by atoms with van der Waals surface area (Å²) in [6.07, 6.45) is 2.22. The summed E-state index contributed by atoms with van der Waals surface area (Å²) in [4.78, 5) is 30.6. The first-order valence-electron chi connectivity index (χ1n) is 10.0. The molecule has 1 aromatic heterocycles. The van der Waals surface area contributed by atoms with E-state index in [4.69, 9.17) is 14.2 Å². The molecule has 0 saturated carbocycles. The minimum Gasteiger partial charge on any atom is -0.493 e. The van der Waals surface area contributed by atoms with Crippen molar-refractivity contribution in [1.29, 1.82) is 0 Å². The van der Waals surface area contributed by atoms with E-state index in [0.29, 0.717) is 35.0 Å². The molecule has 0 radical (unpaired) electrons. The van der Waals surface area contributed by atoms with Gasteiger partial charge in [-0.05, 0) is 48.9 Å². The van der Waals surface area contributed by atoms with Gasteiger partial charge in [0.25, 0.3) is 5.91 Å². The van der Waals surface area contributed by atoms with Gasteiger partial charge in [-0.3, -0.25) is 4.79 Å². The molecule has 1 heterocycles. The molecule has 3 aromatic rings. The first-order chi connectivity index (χ1) is 15.9. The van der Waals surface area contributed by atoms with Crippen molar-refractivity contribution < 1.29 is 23.4 Å². The van der Waals surface area contributed by atoms with Crippen molar-refractivity contribution in [3.8, 4) is 28.5 Å². The molecule has 2 N–H and O–H groups in total. The number of carbonyl (C=O) groups is 1. The molecule has 0 fully saturated rings. The van der Waals surface area contributed by atoms with E-state index >= 15 is 0 Å². The first kappa shape index (κ1) is 23.5. The summed E-state index contributed by atoms with van der Waals surface area (Å²) < 4.78 is 29.6. The Morgan fingerprint density at radius 1 is 1.15 bits per heavy atom. The van der Waals surface area contributed by atoms with Crippen LogP contribution in [0.15, 0.2) is 52.4 Å². The fourth-order valence-corrected chi connectivity index (χ4v) is 2.90. The Kier molecular flexibility index (Phi) is 7.74. The van der Waals surface area contributed by atoms with Gasteiger partial charge in [0.15, 0.2) is 11.5 Å². The van der Waals surface area contributed by atoms with Crippen LogP contribution in [0, 0.1) is 5.82 Å². The van der Waals surface area contributed by atoms with Gasteiger partial charge in [-0.2, -0.15) is 10.1 Å². The highest BCUT2D eigenvalue weighted by atomic mass is 19.1. The maximum atomic E-state index is 13.1. The van der Waals surface area contributed by atoms with Gasteiger partial charge in [0, 0.05) is 11.1 Å². The normalized spacial score (nSPS) is 10.8. The van der Waals surface area contributed by atoms with Gasteiger partial charge in [-0.25, -0.2) is 14.6 Å². The minimum atomic E-state index is -0.719. The number of rotatable bonds is 9. The van der Waals surface area contributed by atoms with Gasteiger partial charge in [0.05, 0.1) is 32.7 Å². The lowest BCUT2D eigenvalue weighted by Gasteiger charge is -2.14. The third-order valence-electron chi connectivity index (χ3n) is 4.44. The summed E-state index contributed by atoms with van der Waals surface area (Å²) in [7, 11) is 3.02. The smallest absolute Gasteiger partial charge is 0.346 e. The average Bonchev–Trinajstić information content (AvgIpc) is 2.82. The van der Waals surface area contributed by atoms with Crippen LogP contribution in [0.4, 0.5) is 4.39 Å². The standard InChI is InChI=1S/C23H23FN4O5/c1-4-9-33-21-19(31-2)10-14(11-20(21)32-3)13-25-28-22(29)18-12-17(26-23(30)27-18)15-5-7-16(24)8-6-15/h5-8,10-13H,4,9H2,1-3H3,(H,28,29)(H,26,27,30)/b25-13+. The number of aromatic amines is 1. The Morgan fingerprint density at radius 3 is 2.42 bits per heavy atom. The van der Waals surface area contributed by atoms with Gasteiger partial charge in [-0.15, -0.1) is 0 Å². The zero-order chi connectivity index (χ0) is 23.8. The lowest BCUT2D eigenvalue weighted by atomic mass is 10.1. The maximum absolute atomic E-state index is 13.1. The number of halogens is 1. The Labute approximate surface area is 189 Å². The number of hydrogen-bond acceptors (Lipinski definition) is 7. The molecule has 10 heteroatoms. The molecule has 2 aromatic carbocycles. The van der Waals surface area contributed by atoms with Crippen LogP contribution in [-0.2, 0) is 0 Å². The number of nitrogens with zero attached hydrogens (tertiary/aromatic N) is 2. The van der Waals surface area contributed by atoms with Crippen molar-refractivity contribution in [3.63, 3.8) is 0 Å². The van der Waals surface area contributed by atoms with E-state index in [0.717, 1.165) is 6.42 Å². The molecular weight excluding hydrogens is 431 g/mol. The molecule has 0 spiro atoms. The highest BCUT2D eigenvalue weighted by molar-refractivity contribution is 5.94. The third kappa shape index (κ3) is 5.94. The Morgan fingerprint density at radius 2 is 1.82 bits per heavy atom. The van der Waals surface area contributed by atoms with Gasteiger partial charge in [0.1, 0.15) is 11.5 Å². The highest BCUT2D eigenvalue weighted by Crippen LogP contribution is 2.38. The molecule has 0 bridgehead atoms. The number of amides is 1. The molecule has 0 aliphatic rings. The second-order valence-electron chi connectivity index (χ2n) is 6.79. The molecule has 0 aliphatic carbocycles. The Hall–Kier alpha value is -4.21. The fraction of sp³-hybridized carbons (Fsp3) is 0.217. The van der Waals surface area contributed by atoms with Crippen molar-refractivity contribution in [2.24, 2.45) is 5.10 Å². The van der Waals surface area contributed by atoms with Crippen LogP contribution in [0.3, 0.4) is 0 Å². The van der Waals surface area contributed by atoms with Crippen LogP contribution in [-0.4, -0.2) is 42.9 Å². The second-order valence-corrected chi connectivity index (χ2v) is 6.79. The molecule has 3 rings (SSSR count). The maximum Gasteiger partial charge on any atom is 0.346 e. The number of methoxy groups -OCH3 is 2. The van der Waals surface area contributed by atoms with E-state index in [1.807, 2.05) is 6.92 Å². The van der Waals surface area contributed by atoms with Crippen molar-refractivity contribution in [3.05, 3.63) is 70.0 Å². The minimum absolute atomic E-state index is 0.0510. The monoisotopic (exact) mass is 454 g/mol. The summed E-state index contributed by atoms with van der Waals surface area (Å²) >= 11 is 0. The van der Waals surface area contributed by atoms with Crippen LogP contribution in [0.2, 0.25) is 0 Å². The number of H-pyrrole nitrogens is 1. The van der Waals surface area contributed by atoms with Gasteiger partial charge in [-0.1, -0.05) is 6.92 Å². The van der Waals surface area contributed by atoms with Crippen LogP contribution >= 0.6 is 0 Å². The second kappa shape index (κ2) is 10.9. The van der Waals surface area contributed by atoms with Gasteiger partial charge in [0.2, 0.25) is 5.75 Å². The summed E-state index contributed by atoms with van der Waals surface area (Å²) in [5.41, 5.74) is 2.88. The molecule has 0 atom stereocenters. The Balaban J connectivity index is 1.78. The number of benzene rings is 2. The molecule has 0 unspecified atom stereocenters. The van der Waals surface area contributed by atoms with Crippen molar-refractivity contribution >= 4 is 12.1 Å². The fourth-order valence-electron chi connectivity index (χ4n) is 2.90. The number of hydrazone groups is 1. The van der Waals surface area contributed by atoms with Gasteiger partial charge < -0.3 is 19.2 Å². The molecule has 0 saturated heterocycles. The van der Waals surface area contributed by atoms with Crippen LogP contribution in [0.1, 0.15) is 29.4 Å². The molecule has 172 valence electrons. The molecular formula is C23H23FN4O5. The number of aromatic nitrogens is 2. The zero-order valence-corrected chi connectivity index (χ0v) is 18.3. The number of hydrogen-bond donors (Lipinski definition) is 2. The molecule has 9 nitrogen and oxygen atoms in total. The number of ether oxygens (including phenoxy) is 3. The number of nitrogens with one attached hydrogen (secondary N) is 2. The number of carbonyl (C=O) groups excluding carboxylic acids is 1. The van der Waals surface area contributed by atoms with Crippen LogP contribution in [0.25, 0.3) is 11.3 Å².